The molecule has 1 aromatic carbocycles. The van der Waals surface area contributed by atoms with E-state index in [1.165, 1.54) is 37.8 Å². The van der Waals surface area contributed by atoms with Gasteiger partial charge in [-0.15, -0.1) is 10.2 Å². The first-order valence-electron chi connectivity index (χ1n) is 5.62. The van der Waals surface area contributed by atoms with Gasteiger partial charge in [0.1, 0.15) is 10.4 Å². The van der Waals surface area contributed by atoms with Crippen LogP contribution in [-0.4, -0.2) is 42.9 Å². The molecular formula is C11H11ClN4O3S2. The first-order chi connectivity index (χ1) is 9.82. The van der Waals surface area contributed by atoms with Crippen molar-refractivity contribution in [1.29, 1.82) is 0 Å². The third kappa shape index (κ3) is 3.38. The van der Waals surface area contributed by atoms with E-state index in [0.717, 1.165) is 15.6 Å². The molecule has 0 aliphatic rings. The standard InChI is InChI=1S/C11H11ClN4O3S2/c1-16(2)21(18,19)9-5-7(3-4-8(9)12)10(17)14-11-15-13-6-20-11/h3-6H,1-2H3,(H,14,15,17). The Morgan fingerprint density at radius 2 is 2.10 bits per heavy atom. The van der Waals surface area contributed by atoms with Crippen LogP contribution in [0.2, 0.25) is 5.02 Å². The van der Waals surface area contributed by atoms with E-state index in [-0.39, 0.29) is 15.5 Å². The van der Waals surface area contributed by atoms with E-state index in [2.05, 4.69) is 15.5 Å². The third-order valence-corrected chi connectivity index (χ3v) is 5.44. The summed E-state index contributed by atoms with van der Waals surface area (Å²) in [7, 11) is -0.953. The number of hydrogen-bond acceptors (Lipinski definition) is 6. The molecule has 0 radical (unpaired) electrons. The zero-order valence-corrected chi connectivity index (χ0v) is 13.5. The molecule has 0 saturated heterocycles. The van der Waals surface area contributed by atoms with Crippen molar-refractivity contribution >= 4 is 44.0 Å². The lowest BCUT2D eigenvalue weighted by Gasteiger charge is -2.13. The molecule has 0 aliphatic heterocycles. The molecule has 0 spiro atoms. The van der Waals surface area contributed by atoms with Crippen LogP contribution < -0.4 is 5.32 Å². The van der Waals surface area contributed by atoms with Crippen molar-refractivity contribution in [3.05, 3.63) is 34.3 Å². The van der Waals surface area contributed by atoms with Gasteiger partial charge >= 0.3 is 0 Å². The number of anilines is 1. The van der Waals surface area contributed by atoms with Gasteiger partial charge in [0.15, 0.2) is 0 Å². The van der Waals surface area contributed by atoms with Crippen LogP contribution >= 0.6 is 22.9 Å². The van der Waals surface area contributed by atoms with E-state index in [1.54, 1.807) is 0 Å². The number of carbonyl (C=O) groups excluding carboxylic acids is 1. The van der Waals surface area contributed by atoms with E-state index >= 15 is 0 Å². The molecule has 0 unspecified atom stereocenters. The molecule has 0 saturated carbocycles. The minimum Gasteiger partial charge on any atom is -0.296 e. The Hall–Kier alpha value is -1.55. The highest BCUT2D eigenvalue weighted by molar-refractivity contribution is 7.89. The second-order valence-corrected chi connectivity index (χ2v) is 7.49. The van der Waals surface area contributed by atoms with Crippen LogP contribution in [0.4, 0.5) is 5.13 Å². The Kier molecular flexibility index (Phi) is 4.57. The molecule has 0 bridgehead atoms. The van der Waals surface area contributed by atoms with Crippen molar-refractivity contribution in [1.82, 2.24) is 14.5 Å². The first kappa shape index (κ1) is 15.8. The molecule has 1 heterocycles. The van der Waals surface area contributed by atoms with Crippen LogP contribution in [0.5, 0.6) is 0 Å². The predicted octanol–water partition coefficient (Wildman–Crippen LogP) is 1.69. The molecule has 7 nitrogen and oxygen atoms in total. The molecule has 0 aliphatic carbocycles. The molecule has 1 aromatic heterocycles. The van der Waals surface area contributed by atoms with Crippen molar-refractivity contribution in [3.8, 4) is 0 Å². The Bertz CT molecular complexity index is 760. The average molecular weight is 347 g/mol. The lowest BCUT2D eigenvalue weighted by atomic mass is 10.2. The number of benzene rings is 1. The highest BCUT2D eigenvalue weighted by atomic mass is 35.5. The number of nitrogens with one attached hydrogen (secondary N) is 1. The second kappa shape index (κ2) is 6.06. The fraction of sp³-hybridized carbons (Fsp3) is 0.182. The van der Waals surface area contributed by atoms with Gasteiger partial charge in [-0.2, -0.15) is 0 Å². The van der Waals surface area contributed by atoms with Gasteiger partial charge in [0.2, 0.25) is 15.2 Å². The van der Waals surface area contributed by atoms with E-state index in [9.17, 15) is 13.2 Å². The maximum Gasteiger partial charge on any atom is 0.257 e. The number of sulfonamides is 1. The maximum absolute atomic E-state index is 12.1. The Morgan fingerprint density at radius 3 is 2.67 bits per heavy atom. The SMILES string of the molecule is CN(C)S(=O)(=O)c1cc(C(=O)Nc2nncs2)ccc1Cl. The van der Waals surface area contributed by atoms with E-state index in [0.29, 0.717) is 5.13 Å². The minimum atomic E-state index is -3.73. The number of hydrogen-bond donors (Lipinski definition) is 1. The van der Waals surface area contributed by atoms with Gasteiger partial charge in [0, 0.05) is 19.7 Å². The molecule has 112 valence electrons. The number of carbonyl (C=O) groups is 1. The highest BCUT2D eigenvalue weighted by Gasteiger charge is 2.22. The average Bonchev–Trinajstić information content (AvgIpc) is 2.91. The summed E-state index contributed by atoms with van der Waals surface area (Å²) in [5.74, 6) is -0.487. The molecule has 0 atom stereocenters. The lowest BCUT2D eigenvalue weighted by Crippen LogP contribution is -2.23. The van der Waals surface area contributed by atoms with Gasteiger partial charge in [-0.25, -0.2) is 12.7 Å². The summed E-state index contributed by atoms with van der Waals surface area (Å²) in [6, 6.07) is 4.04. The molecule has 10 heteroatoms. The monoisotopic (exact) mass is 346 g/mol. The molecule has 1 N–H and O–H groups in total. The number of aromatic nitrogens is 2. The van der Waals surface area contributed by atoms with Crippen LogP contribution in [0.1, 0.15) is 10.4 Å². The zero-order chi connectivity index (χ0) is 15.6. The van der Waals surface area contributed by atoms with E-state index in [1.807, 2.05) is 0 Å². The summed E-state index contributed by atoms with van der Waals surface area (Å²) in [6.07, 6.45) is 0. The molecule has 2 rings (SSSR count). The van der Waals surface area contributed by atoms with Gasteiger partial charge in [0.25, 0.3) is 5.91 Å². The largest absolute Gasteiger partial charge is 0.296 e. The second-order valence-electron chi connectivity index (χ2n) is 4.13. The Morgan fingerprint density at radius 1 is 1.38 bits per heavy atom. The van der Waals surface area contributed by atoms with Crippen molar-refractivity contribution in [2.24, 2.45) is 0 Å². The van der Waals surface area contributed by atoms with Crippen molar-refractivity contribution in [3.63, 3.8) is 0 Å². The highest BCUT2D eigenvalue weighted by Crippen LogP contribution is 2.25. The van der Waals surface area contributed by atoms with Gasteiger partial charge in [-0.3, -0.25) is 10.1 Å². The van der Waals surface area contributed by atoms with Gasteiger partial charge < -0.3 is 0 Å². The summed E-state index contributed by atoms with van der Waals surface area (Å²) in [6.45, 7) is 0. The smallest absolute Gasteiger partial charge is 0.257 e. The molecule has 2 aromatic rings. The topological polar surface area (TPSA) is 92.3 Å². The fourth-order valence-corrected chi connectivity index (χ4v) is 3.27. The number of nitrogens with zero attached hydrogens (tertiary/aromatic N) is 3. The minimum absolute atomic E-state index is 0.0520. The van der Waals surface area contributed by atoms with Crippen LogP contribution in [0.3, 0.4) is 0 Å². The molecule has 21 heavy (non-hydrogen) atoms. The Labute approximate surface area is 130 Å². The van der Waals surface area contributed by atoms with Crippen LogP contribution in [0.25, 0.3) is 0 Å². The summed E-state index contributed by atoms with van der Waals surface area (Å²) in [5.41, 5.74) is 1.63. The van der Waals surface area contributed by atoms with Crippen molar-refractivity contribution < 1.29 is 13.2 Å². The van der Waals surface area contributed by atoms with Gasteiger partial charge in [-0.05, 0) is 18.2 Å². The van der Waals surface area contributed by atoms with Crippen molar-refractivity contribution in [2.75, 3.05) is 19.4 Å². The number of rotatable bonds is 4. The number of halogens is 1. The van der Waals surface area contributed by atoms with Crippen LogP contribution in [0, 0.1) is 0 Å². The van der Waals surface area contributed by atoms with Crippen LogP contribution in [-0.2, 0) is 10.0 Å². The molecule has 0 fully saturated rings. The van der Waals surface area contributed by atoms with E-state index in [4.69, 9.17) is 11.6 Å². The predicted molar refractivity (Wildman–Crippen MR) is 80.2 cm³/mol. The Balaban J connectivity index is 2.37. The summed E-state index contributed by atoms with van der Waals surface area (Å²) in [4.78, 5) is 11.9. The molecule has 1 amide bonds. The summed E-state index contributed by atoms with van der Waals surface area (Å²) < 4.78 is 25.3. The quantitative estimate of drug-likeness (QED) is 0.909. The van der Waals surface area contributed by atoms with Gasteiger partial charge in [-0.1, -0.05) is 22.9 Å². The molecular weight excluding hydrogens is 336 g/mol. The van der Waals surface area contributed by atoms with Crippen LogP contribution in [0.15, 0.2) is 28.6 Å². The lowest BCUT2D eigenvalue weighted by molar-refractivity contribution is 0.102. The normalized spacial score (nSPS) is 11.6. The fourth-order valence-electron chi connectivity index (χ4n) is 1.44. The van der Waals surface area contributed by atoms with Crippen molar-refractivity contribution in [2.45, 2.75) is 4.90 Å². The maximum atomic E-state index is 12.1. The number of amides is 1. The van der Waals surface area contributed by atoms with Gasteiger partial charge in [0.05, 0.1) is 5.02 Å². The first-order valence-corrected chi connectivity index (χ1v) is 8.31. The summed E-state index contributed by atoms with van der Waals surface area (Å²) >= 11 is 7.07. The van der Waals surface area contributed by atoms with E-state index < -0.39 is 15.9 Å². The third-order valence-electron chi connectivity index (χ3n) is 2.53. The zero-order valence-electron chi connectivity index (χ0n) is 11.1. The summed E-state index contributed by atoms with van der Waals surface area (Å²) in [5, 5.41) is 10.2.